The van der Waals surface area contributed by atoms with E-state index in [-0.39, 0.29) is 22.6 Å². The summed E-state index contributed by atoms with van der Waals surface area (Å²) in [6.45, 7) is 7.11. The van der Waals surface area contributed by atoms with Gasteiger partial charge in [-0.3, -0.25) is 4.79 Å². The zero-order valence-corrected chi connectivity index (χ0v) is 23.8. The molecule has 40 heavy (non-hydrogen) atoms. The number of hydrogen-bond donors (Lipinski definition) is 1. The molecule has 0 saturated carbocycles. The molecule has 3 atom stereocenters. The molecule has 0 aromatic heterocycles. The minimum Gasteiger partial charge on any atom is -0.479 e. The molecular weight excluding hydrogens is 526 g/mol. The molecule has 5 rings (SSSR count). The number of β-lactam (4-membered cyclic amide) rings is 1. The topological polar surface area (TPSA) is 85.3 Å². The number of aliphatic carboxylic acids is 1. The third-order valence-corrected chi connectivity index (χ3v) is 8.65. The van der Waals surface area contributed by atoms with Gasteiger partial charge in [0.1, 0.15) is 11.0 Å². The first-order chi connectivity index (χ1) is 19.2. The van der Waals surface area contributed by atoms with Crippen LogP contribution in [0.1, 0.15) is 44.4 Å². The maximum atomic E-state index is 13.6. The number of nitrogens with zero attached hydrogens (tertiary/aromatic N) is 1. The van der Waals surface area contributed by atoms with Gasteiger partial charge in [0, 0.05) is 16.7 Å². The summed E-state index contributed by atoms with van der Waals surface area (Å²) in [6.07, 6.45) is -0.547. The molecule has 0 bridgehead atoms. The van der Waals surface area contributed by atoms with Crippen LogP contribution in [0.15, 0.2) is 84.9 Å². The summed E-state index contributed by atoms with van der Waals surface area (Å²) in [4.78, 5) is 26.9. The number of hydrogen-bond acceptors (Lipinski definition) is 6. The predicted octanol–water partition coefficient (Wildman–Crippen LogP) is 6.04. The minimum absolute atomic E-state index is 0.0257. The van der Waals surface area contributed by atoms with Crippen molar-refractivity contribution >= 4 is 29.3 Å². The van der Waals surface area contributed by atoms with Crippen LogP contribution in [0.2, 0.25) is 0 Å². The number of ether oxygens (including phenoxy) is 3. The second kappa shape index (κ2) is 11.6. The van der Waals surface area contributed by atoms with E-state index >= 15 is 0 Å². The Morgan fingerprint density at radius 2 is 1.60 bits per heavy atom. The maximum absolute atomic E-state index is 13.6. The summed E-state index contributed by atoms with van der Waals surface area (Å²) >= 11 is 1.55. The summed E-state index contributed by atoms with van der Waals surface area (Å²) in [5, 5.41) is 9.01. The van der Waals surface area contributed by atoms with Crippen LogP contribution < -0.4 is 9.64 Å². The van der Waals surface area contributed by atoms with Crippen LogP contribution in [0.3, 0.4) is 0 Å². The highest BCUT2D eigenvalue weighted by molar-refractivity contribution is 8.00. The van der Waals surface area contributed by atoms with E-state index in [1.54, 1.807) is 30.8 Å². The molecule has 1 amide bonds. The fourth-order valence-electron chi connectivity index (χ4n) is 4.97. The van der Waals surface area contributed by atoms with E-state index in [1.807, 2.05) is 77.7 Å². The Balaban J connectivity index is 1.40. The molecule has 1 unspecified atom stereocenters. The van der Waals surface area contributed by atoms with E-state index in [9.17, 15) is 14.7 Å². The number of anilines is 1. The van der Waals surface area contributed by atoms with E-state index < -0.39 is 17.9 Å². The Morgan fingerprint density at radius 3 is 2.17 bits per heavy atom. The number of para-hydroxylation sites is 1. The second-order valence-electron chi connectivity index (χ2n) is 11.0. The van der Waals surface area contributed by atoms with Crippen LogP contribution in [-0.4, -0.2) is 47.3 Å². The molecule has 2 fully saturated rings. The van der Waals surface area contributed by atoms with Gasteiger partial charge in [0.25, 0.3) is 0 Å². The van der Waals surface area contributed by atoms with Crippen molar-refractivity contribution in [3.8, 4) is 5.75 Å². The van der Waals surface area contributed by atoms with Gasteiger partial charge in [-0.25, -0.2) is 4.79 Å². The Kier molecular flexibility index (Phi) is 8.21. The van der Waals surface area contributed by atoms with Gasteiger partial charge in [0.2, 0.25) is 11.7 Å². The molecule has 7 nitrogen and oxygen atoms in total. The Bertz CT molecular complexity index is 1300. The lowest BCUT2D eigenvalue weighted by Crippen LogP contribution is -2.58. The van der Waals surface area contributed by atoms with E-state index in [1.165, 1.54) is 0 Å². The Hall–Kier alpha value is -3.33. The first kappa shape index (κ1) is 28.2. The number of thioether (sulfide) groups is 1. The fourth-order valence-corrected chi connectivity index (χ4v) is 6.42. The van der Waals surface area contributed by atoms with E-state index in [2.05, 4.69) is 13.8 Å². The van der Waals surface area contributed by atoms with Crippen molar-refractivity contribution in [2.45, 2.75) is 50.4 Å². The first-order valence-corrected chi connectivity index (χ1v) is 14.6. The quantitative estimate of drug-likeness (QED) is 0.302. The largest absolute Gasteiger partial charge is 0.479 e. The number of carbonyl (C=O) groups is 2. The predicted molar refractivity (Wildman–Crippen MR) is 156 cm³/mol. The maximum Gasteiger partial charge on any atom is 0.344 e. The Morgan fingerprint density at radius 1 is 1.00 bits per heavy atom. The Labute approximate surface area is 239 Å². The number of benzene rings is 3. The average Bonchev–Trinajstić information content (AvgIpc) is 2.97. The zero-order chi connectivity index (χ0) is 28.3. The van der Waals surface area contributed by atoms with E-state index in [0.29, 0.717) is 31.1 Å². The molecule has 210 valence electrons. The summed E-state index contributed by atoms with van der Waals surface area (Å²) in [7, 11) is 0. The van der Waals surface area contributed by atoms with Crippen molar-refractivity contribution in [2.24, 2.45) is 5.41 Å². The normalized spacial score (nSPS) is 22.3. The average molecular weight is 562 g/mol. The lowest BCUT2D eigenvalue weighted by molar-refractivity contribution is -0.295. The van der Waals surface area contributed by atoms with Crippen molar-refractivity contribution in [2.75, 3.05) is 23.9 Å². The minimum atomic E-state index is -0.995. The van der Waals surface area contributed by atoms with Crippen molar-refractivity contribution < 1.29 is 28.9 Å². The molecule has 2 aliphatic rings. The molecule has 2 heterocycles. The van der Waals surface area contributed by atoms with Crippen LogP contribution >= 0.6 is 11.8 Å². The van der Waals surface area contributed by atoms with Crippen LogP contribution in [0.25, 0.3) is 0 Å². The molecule has 2 saturated heterocycles. The van der Waals surface area contributed by atoms with Crippen molar-refractivity contribution in [3.05, 3.63) is 96.1 Å². The van der Waals surface area contributed by atoms with Gasteiger partial charge < -0.3 is 24.2 Å². The third kappa shape index (κ3) is 5.75. The van der Waals surface area contributed by atoms with Gasteiger partial charge in [-0.15, -0.1) is 11.8 Å². The lowest BCUT2D eigenvalue weighted by atomic mass is 9.92. The summed E-state index contributed by atoms with van der Waals surface area (Å²) in [6, 6.07) is 26.7. The van der Waals surface area contributed by atoms with Crippen molar-refractivity contribution in [1.82, 2.24) is 0 Å². The van der Waals surface area contributed by atoms with Gasteiger partial charge in [0.15, 0.2) is 6.10 Å². The summed E-state index contributed by atoms with van der Waals surface area (Å²) in [5.74, 6) is -0.971. The van der Waals surface area contributed by atoms with Crippen molar-refractivity contribution in [3.63, 3.8) is 0 Å². The molecule has 0 spiro atoms. The number of carboxylic acid groups (broad SMARTS) is 1. The lowest BCUT2D eigenvalue weighted by Gasteiger charge is -2.49. The van der Waals surface area contributed by atoms with Crippen LogP contribution in [0, 0.1) is 5.41 Å². The number of carbonyl (C=O) groups excluding carboxylic acids is 1. The second-order valence-corrected chi connectivity index (χ2v) is 12.1. The highest BCUT2D eigenvalue weighted by atomic mass is 32.2. The zero-order valence-electron chi connectivity index (χ0n) is 23.0. The molecule has 3 aromatic carbocycles. The summed E-state index contributed by atoms with van der Waals surface area (Å²) < 4.78 is 18.5. The number of amides is 1. The molecule has 2 aliphatic heterocycles. The van der Waals surface area contributed by atoms with Crippen LogP contribution in [-0.2, 0) is 24.8 Å². The highest BCUT2D eigenvalue weighted by Gasteiger charge is 2.51. The molecule has 3 aromatic rings. The molecular formula is C32H35NO6S. The standard InChI is InChI=1S/C32H35NO6S/c1-4-26(30(35)36)39-25-17-15-22(16-18-25)27-28(29(34)33(27)24-13-9-6-10-14-24)40-21-32(23-11-7-5-8-12-23)37-19-31(2,3)20-38-32/h5-18,26-28H,4,19-21H2,1-3H3,(H,35,36)/t26?,27-,28-/m1/s1. The van der Waals surface area contributed by atoms with Crippen LogP contribution in [0.4, 0.5) is 5.69 Å². The van der Waals surface area contributed by atoms with Gasteiger partial charge in [-0.1, -0.05) is 81.4 Å². The summed E-state index contributed by atoms with van der Waals surface area (Å²) in [5.41, 5.74) is 2.61. The SMILES string of the molecule is CCC(Oc1ccc([C@@H]2[C@@H](SCC3(c4ccccc4)OCC(C)(C)CO3)C(=O)N2c2ccccc2)cc1)C(=O)O. The first-order valence-electron chi connectivity index (χ1n) is 13.6. The molecule has 8 heteroatoms. The number of carboxylic acids is 1. The molecule has 0 aliphatic carbocycles. The highest BCUT2D eigenvalue weighted by Crippen LogP contribution is 2.48. The molecule has 1 N–H and O–H groups in total. The molecule has 0 radical (unpaired) electrons. The third-order valence-electron chi connectivity index (χ3n) is 7.28. The smallest absolute Gasteiger partial charge is 0.344 e. The number of rotatable bonds is 10. The van der Waals surface area contributed by atoms with Gasteiger partial charge >= 0.3 is 5.97 Å². The van der Waals surface area contributed by atoms with Gasteiger partial charge in [0.05, 0.1) is 25.0 Å². The monoisotopic (exact) mass is 561 g/mol. The van der Waals surface area contributed by atoms with E-state index in [0.717, 1.165) is 16.8 Å². The van der Waals surface area contributed by atoms with E-state index in [4.69, 9.17) is 14.2 Å². The van der Waals surface area contributed by atoms with Crippen LogP contribution in [0.5, 0.6) is 5.75 Å². The van der Waals surface area contributed by atoms with Gasteiger partial charge in [-0.05, 0) is 36.2 Å². The van der Waals surface area contributed by atoms with Gasteiger partial charge in [-0.2, -0.15) is 0 Å². The fraction of sp³-hybridized carbons (Fsp3) is 0.375. The van der Waals surface area contributed by atoms with Crippen molar-refractivity contribution in [1.29, 1.82) is 0 Å².